The lowest BCUT2D eigenvalue weighted by molar-refractivity contribution is 0.0691. The third-order valence-electron chi connectivity index (χ3n) is 2.80. The number of nitrogens with zero attached hydrogens (tertiary/aromatic N) is 1. The van der Waals surface area contributed by atoms with Crippen molar-refractivity contribution in [2.45, 2.75) is 13.2 Å². The van der Waals surface area contributed by atoms with Crippen molar-refractivity contribution in [3.8, 4) is 11.4 Å². The van der Waals surface area contributed by atoms with Gasteiger partial charge in [-0.05, 0) is 17.2 Å². The van der Waals surface area contributed by atoms with Gasteiger partial charge in [-0.2, -0.15) is 0 Å². The van der Waals surface area contributed by atoms with Crippen molar-refractivity contribution in [2.24, 2.45) is 0 Å². The monoisotopic (exact) mass is 230 g/mol. The van der Waals surface area contributed by atoms with E-state index in [4.69, 9.17) is 9.84 Å². The Labute approximate surface area is 97.1 Å². The molecule has 2 heterocycles. The number of aromatic nitrogens is 2. The molecule has 3 rings (SSSR count). The molecular formula is C12H10N2O3. The number of carboxylic acid groups (broad SMARTS) is 1. The lowest BCUT2D eigenvalue weighted by Gasteiger charge is -2.00. The summed E-state index contributed by atoms with van der Waals surface area (Å²) in [6, 6.07) is 5.88. The fraction of sp³-hybridized carbons (Fsp3) is 0.167. The Hall–Kier alpha value is -2.14. The molecule has 0 amide bonds. The maximum absolute atomic E-state index is 10.7. The van der Waals surface area contributed by atoms with Crippen molar-refractivity contribution in [2.75, 3.05) is 0 Å². The smallest absolute Gasteiger partial charge is 0.353 e. The molecule has 1 aromatic carbocycles. The first kappa shape index (κ1) is 10.0. The van der Waals surface area contributed by atoms with Crippen LogP contribution >= 0.6 is 0 Å². The molecule has 0 bridgehead atoms. The standard InChI is InChI=1S/C12H10N2O3/c15-12(16)10-4-13-11(14-10)7-1-2-8-5-17-6-9(8)3-7/h1-4H,5-6H2,(H,13,14)(H,15,16). The maximum atomic E-state index is 10.7. The van der Waals surface area contributed by atoms with Crippen LogP contribution in [0.25, 0.3) is 11.4 Å². The van der Waals surface area contributed by atoms with Crippen LogP contribution in [0.4, 0.5) is 0 Å². The van der Waals surface area contributed by atoms with E-state index in [0.29, 0.717) is 19.0 Å². The van der Waals surface area contributed by atoms with Crippen molar-refractivity contribution < 1.29 is 14.6 Å². The second-order valence-corrected chi connectivity index (χ2v) is 3.93. The lowest BCUT2D eigenvalue weighted by atomic mass is 10.1. The first-order chi connectivity index (χ1) is 8.24. The Balaban J connectivity index is 2.00. The normalized spacial score (nSPS) is 13.6. The van der Waals surface area contributed by atoms with Crippen LogP contribution < -0.4 is 0 Å². The molecule has 0 saturated carbocycles. The Morgan fingerprint density at radius 2 is 2.18 bits per heavy atom. The zero-order valence-electron chi connectivity index (χ0n) is 8.93. The van der Waals surface area contributed by atoms with Gasteiger partial charge in [-0.3, -0.25) is 0 Å². The molecule has 0 saturated heterocycles. The van der Waals surface area contributed by atoms with Crippen molar-refractivity contribution in [1.29, 1.82) is 0 Å². The second kappa shape index (κ2) is 3.71. The van der Waals surface area contributed by atoms with E-state index in [1.54, 1.807) is 0 Å². The summed E-state index contributed by atoms with van der Waals surface area (Å²) in [5.74, 6) is -0.439. The molecule has 0 spiro atoms. The number of benzene rings is 1. The number of carboxylic acids is 1. The predicted octanol–water partition coefficient (Wildman–Crippen LogP) is 1.81. The van der Waals surface area contributed by atoms with Gasteiger partial charge >= 0.3 is 5.97 Å². The van der Waals surface area contributed by atoms with Crippen LogP contribution in [0.1, 0.15) is 21.6 Å². The van der Waals surface area contributed by atoms with E-state index in [2.05, 4.69) is 9.97 Å². The van der Waals surface area contributed by atoms with Crippen LogP contribution in [0.5, 0.6) is 0 Å². The Morgan fingerprint density at radius 1 is 1.35 bits per heavy atom. The molecule has 2 N–H and O–H groups in total. The quantitative estimate of drug-likeness (QED) is 0.824. The molecule has 2 aromatic rings. The van der Waals surface area contributed by atoms with E-state index in [-0.39, 0.29) is 5.69 Å². The Morgan fingerprint density at radius 3 is 2.94 bits per heavy atom. The summed E-state index contributed by atoms with van der Waals surface area (Å²) >= 11 is 0. The number of carbonyl (C=O) groups is 1. The van der Waals surface area contributed by atoms with Gasteiger partial charge in [0.15, 0.2) is 0 Å². The number of imidazole rings is 1. The van der Waals surface area contributed by atoms with E-state index < -0.39 is 5.97 Å². The zero-order valence-corrected chi connectivity index (χ0v) is 8.93. The summed E-state index contributed by atoms with van der Waals surface area (Å²) < 4.78 is 5.32. The molecule has 0 unspecified atom stereocenters. The lowest BCUT2D eigenvalue weighted by Crippen LogP contribution is -1.95. The first-order valence-corrected chi connectivity index (χ1v) is 5.22. The molecule has 17 heavy (non-hydrogen) atoms. The van der Waals surface area contributed by atoms with E-state index >= 15 is 0 Å². The maximum Gasteiger partial charge on any atom is 0.353 e. The van der Waals surface area contributed by atoms with Gasteiger partial charge in [-0.25, -0.2) is 9.78 Å². The van der Waals surface area contributed by atoms with Crippen LogP contribution in [-0.2, 0) is 18.0 Å². The van der Waals surface area contributed by atoms with Crippen molar-refractivity contribution in [3.63, 3.8) is 0 Å². The first-order valence-electron chi connectivity index (χ1n) is 5.22. The number of aromatic amines is 1. The molecule has 0 aliphatic carbocycles. The molecule has 1 aromatic heterocycles. The number of nitrogens with one attached hydrogen (secondary N) is 1. The van der Waals surface area contributed by atoms with Gasteiger partial charge in [-0.1, -0.05) is 12.1 Å². The fourth-order valence-corrected chi connectivity index (χ4v) is 1.90. The molecule has 5 nitrogen and oxygen atoms in total. The highest BCUT2D eigenvalue weighted by Crippen LogP contribution is 2.25. The van der Waals surface area contributed by atoms with Crippen molar-refractivity contribution >= 4 is 5.97 Å². The highest BCUT2D eigenvalue weighted by atomic mass is 16.5. The molecule has 1 aliphatic heterocycles. The third kappa shape index (κ3) is 1.70. The topological polar surface area (TPSA) is 75.2 Å². The molecule has 1 aliphatic rings. The predicted molar refractivity (Wildman–Crippen MR) is 59.5 cm³/mol. The number of aromatic carboxylic acids is 1. The van der Waals surface area contributed by atoms with Crippen molar-refractivity contribution in [1.82, 2.24) is 9.97 Å². The number of hydrogen-bond donors (Lipinski definition) is 2. The number of rotatable bonds is 2. The molecule has 0 radical (unpaired) electrons. The summed E-state index contributed by atoms with van der Waals surface area (Å²) in [5.41, 5.74) is 3.29. The van der Waals surface area contributed by atoms with Crippen LogP contribution in [0.15, 0.2) is 24.4 Å². The van der Waals surface area contributed by atoms with E-state index in [1.807, 2.05) is 18.2 Å². The third-order valence-corrected chi connectivity index (χ3v) is 2.80. The second-order valence-electron chi connectivity index (χ2n) is 3.93. The van der Waals surface area contributed by atoms with E-state index in [1.165, 1.54) is 11.8 Å². The zero-order chi connectivity index (χ0) is 11.8. The number of H-pyrrole nitrogens is 1. The van der Waals surface area contributed by atoms with Crippen molar-refractivity contribution in [3.05, 3.63) is 41.2 Å². The average Bonchev–Trinajstić information content (AvgIpc) is 2.97. The summed E-state index contributed by atoms with van der Waals surface area (Å²) in [5, 5.41) is 8.81. The molecule has 5 heteroatoms. The molecule has 0 fully saturated rings. The van der Waals surface area contributed by atoms with Gasteiger partial charge in [0.2, 0.25) is 0 Å². The van der Waals surface area contributed by atoms with E-state index in [0.717, 1.165) is 11.1 Å². The fourth-order valence-electron chi connectivity index (χ4n) is 1.90. The van der Waals surface area contributed by atoms with Crippen LogP contribution in [0.3, 0.4) is 0 Å². The Bertz CT molecular complexity index is 589. The highest BCUT2D eigenvalue weighted by molar-refractivity contribution is 5.85. The Kier molecular flexibility index (Phi) is 2.19. The largest absolute Gasteiger partial charge is 0.477 e. The SMILES string of the molecule is O=C(O)c1cnc(-c2ccc3c(c2)COC3)[nH]1. The molecule has 0 atom stereocenters. The van der Waals surface area contributed by atoms with Gasteiger partial charge < -0.3 is 14.8 Å². The van der Waals surface area contributed by atoms with Gasteiger partial charge in [-0.15, -0.1) is 0 Å². The highest BCUT2D eigenvalue weighted by Gasteiger charge is 2.14. The number of hydrogen-bond acceptors (Lipinski definition) is 3. The summed E-state index contributed by atoms with van der Waals surface area (Å²) in [4.78, 5) is 17.6. The van der Waals surface area contributed by atoms with Crippen LogP contribution in [-0.4, -0.2) is 21.0 Å². The minimum Gasteiger partial charge on any atom is -0.477 e. The van der Waals surface area contributed by atoms with Crippen LogP contribution in [0, 0.1) is 0 Å². The summed E-state index contributed by atoms with van der Waals surface area (Å²) in [6.07, 6.45) is 1.32. The minimum atomic E-state index is -1.01. The minimum absolute atomic E-state index is 0.0942. The van der Waals surface area contributed by atoms with E-state index in [9.17, 15) is 4.79 Å². The van der Waals surface area contributed by atoms with Gasteiger partial charge in [0, 0.05) is 5.56 Å². The molecule has 86 valence electrons. The van der Waals surface area contributed by atoms with Gasteiger partial charge in [0.1, 0.15) is 11.5 Å². The van der Waals surface area contributed by atoms with Gasteiger partial charge in [0.05, 0.1) is 19.4 Å². The average molecular weight is 230 g/mol. The van der Waals surface area contributed by atoms with Crippen LogP contribution in [0.2, 0.25) is 0 Å². The summed E-state index contributed by atoms with van der Waals surface area (Å²) in [6.45, 7) is 1.25. The molecular weight excluding hydrogens is 220 g/mol. The number of fused-ring (bicyclic) bond motifs is 1. The number of ether oxygens (including phenoxy) is 1. The van der Waals surface area contributed by atoms with Gasteiger partial charge in [0.25, 0.3) is 0 Å². The summed E-state index contributed by atoms with van der Waals surface area (Å²) in [7, 11) is 0.